The van der Waals surface area contributed by atoms with Crippen molar-refractivity contribution in [1.29, 1.82) is 0 Å². The van der Waals surface area contributed by atoms with Gasteiger partial charge in [0.2, 0.25) is 11.8 Å². The van der Waals surface area contributed by atoms with E-state index in [-0.39, 0.29) is 55.1 Å². The SMILES string of the molecule is CC(C(=O)N(C)CC(=O)N1C[C@@H](N)[C@H](c2ccccc2)C1)n1cccn1.Cl.Cl. The van der Waals surface area contributed by atoms with Crippen molar-refractivity contribution in [3.63, 3.8) is 0 Å². The molecule has 3 atom stereocenters. The van der Waals surface area contributed by atoms with Crippen LogP contribution in [-0.4, -0.2) is 64.1 Å². The number of amides is 2. The van der Waals surface area contributed by atoms with E-state index in [1.807, 2.05) is 30.3 Å². The first kappa shape index (κ1) is 23.9. The minimum atomic E-state index is -0.444. The third-order valence-electron chi connectivity index (χ3n) is 4.97. The largest absolute Gasteiger partial charge is 0.339 e. The van der Waals surface area contributed by atoms with Gasteiger partial charge in [-0.3, -0.25) is 14.3 Å². The van der Waals surface area contributed by atoms with Gasteiger partial charge in [-0.15, -0.1) is 24.8 Å². The summed E-state index contributed by atoms with van der Waals surface area (Å²) in [6, 6.07) is 11.2. The predicted molar refractivity (Wildman–Crippen MR) is 113 cm³/mol. The van der Waals surface area contributed by atoms with Gasteiger partial charge < -0.3 is 15.5 Å². The summed E-state index contributed by atoms with van der Waals surface area (Å²) in [6.45, 7) is 2.90. The summed E-state index contributed by atoms with van der Waals surface area (Å²) in [5, 5.41) is 4.09. The number of carbonyl (C=O) groups excluding carboxylic acids is 2. The molecule has 3 rings (SSSR count). The number of likely N-dealkylation sites (N-methyl/N-ethyl adjacent to an activating group) is 1. The number of nitrogens with zero attached hydrogens (tertiary/aromatic N) is 4. The maximum Gasteiger partial charge on any atom is 0.247 e. The van der Waals surface area contributed by atoms with E-state index in [0.29, 0.717) is 13.1 Å². The second kappa shape index (κ2) is 10.5. The van der Waals surface area contributed by atoms with Gasteiger partial charge in [-0.25, -0.2) is 0 Å². The Morgan fingerprint density at radius 1 is 1.21 bits per heavy atom. The zero-order valence-corrected chi connectivity index (χ0v) is 17.6. The summed E-state index contributed by atoms with van der Waals surface area (Å²) in [6.07, 6.45) is 3.37. The Labute approximate surface area is 177 Å². The molecule has 2 amide bonds. The molecule has 1 unspecified atom stereocenters. The Morgan fingerprint density at radius 3 is 2.50 bits per heavy atom. The quantitative estimate of drug-likeness (QED) is 0.786. The molecule has 1 saturated heterocycles. The van der Waals surface area contributed by atoms with Gasteiger partial charge in [-0.05, 0) is 18.6 Å². The highest BCUT2D eigenvalue weighted by molar-refractivity contribution is 5.86. The van der Waals surface area contributed by atoms with Crippen molar-refractivity contribution in [2.24, 2.45) is 5.73 Å². The standard InChI is InChI=1S/C19H25N5O2.2ClH/c1-14(24-10-6-9-21-24)19(26)22(2)13-18(25)23-11-16(17(20)12-23)15-7-4-3-5-8-15;;/h3-10,14,16-17H,11-13,20H2,1-2H3;2*1H/t14?,16-,17+;;/m0../s1. The zero-order chi connectivity index (χ0) is 18.7. The van der Waals surface area contributed by atoms with Crippen LogP contribution in [0.2, 0.25) is 0 Å². The van der Waals surface area contributed by atoms with Crippen molar-refractivity contribution in [3.8, 4) is 0 Å². The normalized spacial score (nSPS) is 19.3. The number of nitrogens with two attached hydrogens (primary N) is 1. The van der Waals surface area contributed by atoms with Gasteiger partial charge in [0.1, 0.15) is 6.04 Å². The number of likely N-dealkylation sites (tertiary alicyclic amines) is 1. The number of aromatic nitrogens is 2. The first-order valence-electron chi connectivity index (χ1n) is 8.79. The number of halogens is 2. The number of benzene rings is 1. The summed E-state index contributed by atoms with van der Waals surface area (Å²) in [5.74, 6) is -0.100. The molecule has 2 N–H and O–H groups in total. The molecule has 2 aromatic rings. The van der Waals surface area contributed by atoms with Crippen LogP contribution in [0, 0.1) is 0 Å². The van der Waals surface area contributed by atoms with Gasteiger partial charge in [-0.1, -0.05) is 30.3 Å². The van der Waals surface area contributed by atoms with Gasteiger partial charge in [0, 0.05) is 44.5 Å². The molecule has 0 spiro atoms. The lowest BCUT2D eigenvalue weighted by Crippen LogP contribution is -2.43. The third kappa shape index (κ3) is 5.25. The molecule has 1 fully saturated rings. The first-order valence-corrected chi connectivity index (χ1v) is 8.79. The number of hydrogen-bond donors (Lipinski definition) is 1. The minimum Gasteiger partial charge on any atom is -0.339 e. The summed E-state index contributed by atoms with van der Waals surface area (Å²) >= 11 is 0. The van der Waals surface area contributed by atoms with Crippen molar-refractivity contribution < 1.29 is 9.59 Å². The molecule has 0 aliphatic carbocycles. The van der Waals surface area contributed by atoms with Crippen LogP contribution in [0.3, 0.4) is 0 Å². The minimum absolute atomic E-state index is 0. The van der Waals surface area contributed by atoms with Gasteiger partial charge in [-0.2, -0.15) is 5.10 Å². The molecule has 9 heteroatoms. The van der Waals surface area contributed by atoms with Crippen LogP contribution in [0.4, 0.5) is 0 Å². The van der Waals surface area contributed by atoms with Crippen molar-refractivity contribution in [2.45, 2.75) is 24.9 Å². The Hall–Kier alpha value is -2.09. The lowest BCUT2D eigenvalue weighted by Gasteiger charge is -2.24. The van der Waals surface area contributed by atoms with E-state index in [4.69, 9.17) is 5.73 Å². The topological polar surface area (TPSA) is 84.5 Å². The maximum atomic E-state index is 12.6. The van der Waals surface area contributed by atoms with E-state index in [9.17, 15) is 9.59 Å². The average molecular weight is 428 g/mol. The molecular weight excluding hydrogens is 401 g/mol. The summed E-state index contributed by atoms with van der Waals surface area (Å²) < 4.78 is 1.58. The van der Waals surface area contributed by atoms with Crippen molar-refractivity contribution in [1.82, 2.24) is 19.6 Å². The van der Waals surface area contributed by atoms with Crippen molar-refractivity contribution in [2.75, 3.05) is 26.7 Å². The highest BCUT2D eigenvalue weighted by Crippen LogP contribution is 2.26. The highest BCUT2D eigenvalue weighted by atomic mass is 35.5. The molecule has 2 heterocycles. The molecule has 0 saturated carbocycles. The molecule has 154 valence electrons. The molecule has 1 aromatic heterocycles. The highest BCUT2D eigenvalue weighted by Gasteiger charge is 2.34. The summed E-state index contributed by atoms with van der Waals surface area (Å²) in [7, 11) is 1.64. The predicted octanol–water partition coefficient (Wildman–Crippen LogP) is 1.70. The third-order valence-corrected chi connectivity index (χ3v) is 4.97. The summed E-state index contributed by atoms with van der Waals surface area (Å²) in [4.78, 5) is 28.4. The van der Waals surface area contributed by atoms with E-state index in [0.717, 1.165) is 5.56 Å². The van der Waals surface area contributed by atoms with E-state index >= 15 is 0 Å². The Bertz CT molecular complexity index is 757. The van der Waals surface area contributed by atoms with Crippen LogP contribution in [0.1, 0.15) is 24.4 Å². The zero-order valence-electron chi connectivity index (χ0n) is 16.0. The monoisotopic (exact) mass is 427 g/mol. The molecule has 7 nitrogen and oxygen atoms in total. The molecule has 1 aromatic carbocycles. The van der Waals surface area contributed by atoms with Crippen molar-refractivity contribution >= 4 is 36.6 Å². The number of carbonyl (C=O) groups is 2. The second-order valence-electron chi connectivity index (χ2n) is 6.84. The smallest absolute Gasteiger partial charge is 0.247 e. The Morgan fingerprint density at radius 2 is 1.89 bits per heavy atom. The van der Waals surface area contributed by atoms with E-state index < -0.39 is 6.04 Å². The average Bonchev–Trinajstić information content (AvgIpc) is 3.31. The van der Waals surface area contributed by atoms with E-state index in [1.54, 1.807) is 42.0 Å². The second-order valence-corrected chi connectivity index (χ2v) is 6.84. The number of rotatable bonds is 5. The van der Waals surface area contributed by atoms with Crippen LogP contribution >= 0.6 is 24.8 Å². The molecular formula is C19H27Cl2N5O2. The number of hydrogen-bond acceptors (Lipinski definition) is 4. The lowest BCUT2D eigenvalue weighted by atomic mass is 9.95. The van der Waals surface area contributed by atoms with E-state index in [1.165, 1.54) is 4.90 Å². The van der Waals surface area contributed by atoms with Gasteiger partial charge >= 0.3 is 0 Å². The maximum absolute atomic E-state index is 12.6. The van der Waals surface area contributed by atoms with Crippen LogP contribution in [0.15, 0.2) is 48.8 Å². The van der Waals surface area contributed by atoms with Crippen molar-refractivity contribution in [3.05, 3.63) is 54.4 Å². The van der Waals surface area contributed by atoms with Gasteiger partial charge in [0.05, 0.1) is 6.54 Å². The van der Waals surface area contributed by atoms with Crippen LogP contribution < -0.4 is 5.73 Å². The van der Waals surface area contributed by atoms with Crippen LogP contribution in [0.25, 0.3) is 0 Å². The van der Waals surface area contributed by atoms with Gasteiger partial charge in [0.15, 0.2) is 0 Å². The fourth-order valence-corrected chi connectivity index (χ4v) is 3.41. The molecule has 0 radical (unpaired) electrons. The molecule has 28 heavy (non-hydrogen) atoms. The lowest BCUT2D eigenvalue weighted by molar-refractivity contribution is -0.140. The molecule has 0 bridgehead atoms. The summed E-state index contributed by atoms with van der Waals surface area (Å²) in [5.41, 5.74) is 7.40. The van der Waals surface area contributed by atoms with Crippen LogP contribution in [-0.2, 0) is 9.59 Å². The van der Waals surface area contributed by atoms with Crippen LogP contribution in [0.5, 0.6) is 0 Å². The first-order chi connectivity index (χ1) is 12.5. The Balaban J connectivity index is 0.00000196. The molecule has 1 aliphatic rings. The Kier molecular flexibility index (Phi) is 8.94. The fraction of sp³-hybridized carbons (Fsp3) is 0.421. The van der Waals surface area contributed by atoms with Gasteiger partial charge in [0.25, 0.3) is 0 Å². The fourth-order valence-electron chi connectivity index (χ4n) is 3.41. The molecule has 1 aliphatic heterocycles. The van der Waals surface area contributed by atoms with E-state index in [2.05, 4.69) is 5.10 Å².